The van der Waals surface area contributed by atoms with Gasteiger partial charge in [0.25, 0.3) is 5.91 Å². The van der Waals surface area contributed by atoms with E-state index in [1.165, 1.54) is 18.1 Å². The summed E-state index contributed by atoms with van der Waals surface area (Å²) < 4.78 is 42.9. The van der Waals surface area contributed by atoms with E-state index in [1.807, 2.05) is 0 Å². The van der Waals surface area contributed by atoms with E-state index in [9.17, 15) is 17.6 Å². The highest BCUT2D eigenvalue weighted by atomic mass is 32.2. The third kappa shape index (κ3) is 4.04. The molecule has 1 atom stereocenters. The fourth-order valence-corrected chi connectivity index (χ4v) is 4.83. The van der Waals surface area contributed by atoms with Gasteiger partial charge in [-0.1, -0.05) is 18.2 Å². The molecular formula is C19H20FNO4S. The Hall–Kier alpha value is -2.41. The Labute approximate surface area is 152 Å². The largest absolute Gasteiger partial charge is 0.497 e. The average Bonchev–Trinajstić information content (AvgIpc) is 3.00. The van der Waals surface area contributed by atoms with Crippen LogP contribution in [-0.4, -0.2) is 43.9 Å². The van der Waals surface area contributed by atoms with Crippen LogP contribution in [0.5, 0.6) is 5.75 Å². The summed E-state index contributed by atoms with van der Waals surface area (Å²) in [5.41, 5.74) is 0.769. The van der Waals surface area contributed by atoms with Gasteiger partial charge in [0.2, 0.25) is 0 Å². The zero-order valence-electron chi connectivity index (χ0n) is 14.4. The van der Waals surface area contributed by atoms with Crippen molar-refractivity contribution in [1.29, 1.82) is 0 Å². The molecule has 0 saturated carbocycles. The maximum Gasteiger partial charge on any atom is 0.254 e. The van der Waals surface area contributed by atoms with E-state index in [2.05, 4.69) is 0 Å². The van der Waals surface area contributed by atoms with Gasteiger partial charge in [0.15, 0.2) is 9.84 Å². The number of halogens is 1. The number of rotatable bonds is 5. The number of sulfone groups is 1. The fourth-order valence-electron chi connectivity index (χ4n) is 3.10. The van der Waals surface area contributed by atoms with Gasteiger partial charge in [0.05, 0.1) is 18.6 Å². The molecule has 1 aliphatic heterocycles. The summed E-state index contributed by atoms with van der Waals surface area (Å²) >= 11 is 0. The first-order valence-corrected chi connectivity index (χ1v) is 10.1. The second kappa shape index (κ2) is 7.45. The Morgan fingerprint density at radius 1 is 1.19 bits per heavy atom. The highest BCUT2D eigenvalue weighted by Crippen LogP contribution is 2.24. The van der Waals surface area contributed by atoms with Crippen molar-refractivity contribution in [3.63, 3.8) is 0 Å². The van der Waals surface area contributed by atoms with Crippen LogP contribution in [0, 0.1) is 5.82 Å². The second-order valence-electron chi connectivity index (χ2n) is 6.31. The SMILES string of the molecule is COc1ccc(C(=O)N(Cc2ccccc2F)[C@H]2CCS(=O)(=O)C2)cc1. The summed E-state index contributed by atoms with van der Waals surface area (Å²) in [5, 5.41) is 0. The van der Waals surface area contributed by atoms with Crippen LogP contribution in [0.25, 0.3) is 0 Å². The van der Waals surface area contributed by atoms with Crippen LogP contribution in [-0.2, 0) is 16.4 Å². The van der Waals surface area contributed by atoms with Crippen LogP contribution in [0.2, 0.25) is 0 Å². The zero-order chi connectivity index (χ0) is 18.7. The molecule has 1 amide bonds. The van der Waals surface area contributed by atoms with Gasteiger partial charge in [0, 0.05) is 23.7 Å². The highest BCUT2D eigenvalue weighted by Gasteiger charge is 2.35. The molecule has 26 heavy (non-hydrogen) atoms. The summed E-state index contributed by atoms with van der Waals surface area (Å²) in [6.45, 7) is 0.0255. The molecule has 0 N–H and O–H groups in total. The van der Waals surface area contributed by atoms with Crippen LogP contribution >= 0.6 is 0 Å². The van der Waals surface area contributed by atoms with Gasteiger partial charge < -0.3 is 9.64 Å². The number of methoxy groups -OCH3 is 1. The monoisotopic (exact) mass is 377 g/mol. The van der Waals surface area contributed by atoms with Crippen LogP contribution < -0.4 is 4.74 Å². The van der Waals surface area contributed by atoms with E-state index < -0.39 is 21.7 Å². The van der Waals surface area contributed by atoms with Crippen molar-refractivity contribution in [2.24, 2.45) is 0 Å². The van der Waals surface area contributed by atoms with Gasteiger partial charge in [-0.15, -0.1) is 0 Å². The summed E-state index contributed by atoms with van der Waals surface area (Å²) in [5.74, 6) is -0.172. The van der Waals surface area contributed by atoms with E-state index >= 15 is 0 Å². The molecular weight excluding hydrogens is 357 g/mol. The minimum absolute atomic E-state index is 0.0255. The molecule has 3 rings (SSSR count). The number of carbonyl (C=O) groups is 1. The molecule has 138 valence electrons. The normalized spacial score (nSPS) is 18.5. The van der Waals surface area contributed by atoms with Crippen LogP contribution in [0.4, 0.5) is 4.39 Å². The number of nitrogens with zero attached hydrogens (tertiary/aromatic N) is 1. The van der Waals surface area contributed by atoms with Crippen molar-refractivity contribution >= 4 is 15.7 Å². The minimum atomic E-state index is -3.18. The highest BCUT2D eigenvalue weighted by molar-refractivity contribution is 7.91. The first-order chi connectivity index (χ1) is 12.4. The number of hydrogen-bond acceptors (Lipinski definition) is 4. The maximum absolute atomic E-state index is 14.1. The van der Waals surface area contributed by atoms with Gasteiger partial charge >= 0.3 is 0 Å². The Balaban J connectivity index is 1.91. The molecule has 0 bridgehead atoms. The topological polar surface area (TPSA) is 63.7 Å². The lowest BCUT2D eigenvalue weighted by Gasteiger charge is -2.28. The molecule has 0 spiro atoms. The van der Waals surface area contributed by atoms with E-state index in [1.54, 1.807) is 42.5 Å². The number of amides is 1. The number of carbonyl (C=O) groups excluding carboxylic acids is 1. The number of ether oxygens (including phenoxy) is 1. The van der Waals surface area contributed by atoms with E-state index in [4.69, 9.17) is 4.74 Å². The molecule has 0 aliphatic carbocycles. The Bertz CT molecular complexity index is 896. The summed E-state index contributed by atoms with van der Waals surface area (Å²) in [6.07, 6.45) is 0.360. The van der Waals surface area contributed by atoms with Crippen LogP contribution in [0.3, 0.4) is 0 Å². The summed E-state index contributed by atoms with van der Waals surface area (Å²) in [7, 11) is -1.64. The molecule has 0 radical (unpaired) electrons. The molecule has 2 aromatic rings. The lowest BCUT2D eigenvalue weighted by molar-refractivity contribution is 0.0679. The molecule has 2 aromatic carbocycles. The van der Waals surface area contributed by atoms with Crippen molar-refractivity contribution in [3.05, 3.63) is 65.5 Å². The quantitative estimate of drug-likeness (QED) is 0.804. The molecule has 1 heterocycles. The summed E-state index contributed by atoms with van der Waals surface area (Å²) in [6, 6.07) is 12.3. The van der Waals surface area contributed by atoms with E-state index in [-0.39, 0.29) is 24.0 Å². The van der Waals surface area contributed by atoms with Crippen LogP contribution in [0.1, 0.15) is 22.3 Å². The van der Waals surface area contributed by atoms with Gasteiger partial charge in [-0.05, 0) is 36.8 Å². The predicted molar refractivity (Wildman–Crippen MR) is 96.3 cm³/mol. The first-order valence-electron chi connectivity index (χ1n) is 8.28. The van der Waals surface area contributed by atoms with Gasteiger partial charge in [-0.25, -0.2) is 12.8 Å². The van der Waals surface area contributed by atoms with Crippen LogP contribution in [0.15, 0.2) is 48.5 Å². The van der Waals surface area contributed by atoms with E-state index in [0.717, 1.165) is 0 Å². The van der Waals surface area contributed by atoms with Gasteiger partial charge in [-0.2, -0.15) is 0 Å². The molecule has 1 aliphatic rings. The third-order valence-corrected chi connectivity index (χ3v) is 6.30. The van der Waals surface area contributed by atoms with Crippen molar-refractivity contribution in [2.45, 2.75) is 19.0 Å². The lowest BCUT2D eigenvalue weighted by Crippen LogP contribution is -2.40. The van der Waals surface area contributed by atoms with Gasteiger partial charge in [0.1, 0.15) is 11.6 Å². The molecule has 7 heteroatoms. The van der Waals surface area contributed by atoms with Crippen molar-refractivity contribution in [2.75, 3.05) is 18.6 Å². The Morgan fingerprint density at radius 3 is 2.46 bits per heavy atom. The minimum Gasteiger partial charge on any atom is -0.497 e. The standard InChI is InChI=1S/C19H20FNO4S/c1-25-17-8-6-14(7-9-17)19(22)21(16-10-11-26(23,24)13-16)12-15-4-2-3-5-18(15)20/h2-9,16H,10-13H2,1H3/t16-/m0/s1. The van der Waals surface area contributed by atoms with E-state index in [0.29, 0.717) is 23.3 Å². The number of benzene rings is 2. The fraction of sp³-hybridized carbons (Fsp3) is 0.316. The average molecular weight is 377 g/mol. The zero-order valence-corrected chi connectivity index (χ0v) is 15.2. The van der Waals surface area contributed by atoms with Gasteiger partial charge in [-0.3, -0.25) is 4.79 Å². The molecule has 1 saturated heterocycles. The predicted octanol–water partition coefficient (Wildman–Crippen LogP) is 2.66. The smallest absolute Gasteiger partial charge is 0.254 e. The second-order valence-corrected chi connectivity index (χ2v) is 8.54. The Morgan fingerprint density at radius 2 is 1.88 bits per heavy atom. The number of hydrogen-bond donors (Lipinski definition) is 0. The Kier molecular flexibility index (Phi) is 5.27. The molecule has 1 fully saturated rings. The maximum atomic E-state index is 14.1. The first kappa shape index (κ1) is 18.4. The molecule has 0 unspecified atom stereocenters. The van der Waals surface area contributed by atoms with Crippen molar-refractivity contribution in [1.82, 2.24) is 4.90 Å². The van der Waals surface area contributed by atoms with Crippen molar-refractivity contribution in [3.8, 4) is 5.75 Å². The third-order valence-electron chi connectivity index (χ3n) is 4.55. The molecule has 5 nitrogen and oxygen atoms in total. The van der Waals surface area contributed by atoms with Crippen molar-refractivity contribution < 1.29 is 22.3 Å². The summed E-state index contributed by atoms with van der Waals surface area (Å²) in [4.78, 5) is 14.5. The lowest BCUT2D eigenvalue weighted by atomic mass is 10.1. The molecule has 0 aromatic heterocycles.